The molecular formula is C14H28N2O3S. The topological polar surface area (TPSA) is 78.4 Å². The summed E-state index contributed by atoms with van der Waals surface area (Å²) in [6.07, 6.45) is 9.35. The zero-order chi connectivity index (χ0) is 15.2. The summed E-state index contributed by atoms with van der Waals surface area (Å²) >= 11 is 1.57. The maximum Gasteiger partial charge on any atom is 0.326 e. The molecule has 0 bridgehead atoms. The lowest BCUT2D eigenvalue weighted by atomic mass is 10.1. The molecule has 20 heavy (non-hydrogen) atoms. The van der Waals surface area contributed by atoms with Crippen molar-refractivity contribution < 1.29 is 14.7 Å². The number of rotatable bonds is 12. The first kappa shape index (κ1) is 19.1. The number of urea groups is 1. The van der Waals surface area contributed by atoms with Gasteiger partial charge in [0.25, 0.3) is 0 Å². The van der Waals surface area contributed by atoms with Gasteiger partial charge in [0.15, 0.2) is 0 Å². The van der Waals surface area contributed by atoms with Gasteiger partial charge in [-0.1, -0.05) is 39.0 Å². The number of unbranched alkanes of at least 4 members (excludes halogenated alkanes) is 5. The minimum Gasteiger partial charge on any atom is -0.480 e. The van der Waals surface area contributed by atoms with Crippen molar-refractivity contribution in [1.82, 2.24) is 10.6 Å². The molecule has 1 unspecified atom stereocenters. The highest BCUT2D eigenvalue weighted by molar-refractivity contribution is 7.98. The van der Waals surface area contributed by atoms with E-state index in [-0.39, 0.29) is 6.03 Å². The molecule has 0 radical (unpaired) electrons. The Morgan fingerprint density at radius 2 is 1.80 bits per heavy atom. The van der Waals surface area contributed by atoms with Crippen molar-refractivity contribution in [3.05, 3.63) is 0 Å². The Bertz CT molecular complexity index is 275. The van der Waals surface area contributed by atoms with Crippen LogP contribution in [0.25, 0.3) is 0 Å². The Hall–Kier alpha value is -0.910. The standard InChI is InChI=1S/C14H28N2O3S/c1-3-4-5-6-7-8-10-15-14(19)16-12(13(17)18)9-11-20-2/h12H,3-11H2,1-2H3,(H,17,18)(H2,15,16,19). The Balaban J connectivity index is 3.66. The minimum atomic E-state index is -0.978. The number of hydrogen-bond acceptors (Lipinski definition) is 3. The number of hydrogen-bond donors (Lipinski definition) is 3. The van der Waals surface area contributed by atoms with Gasteiger partial charge in [-0.2, -0.15) is 11.8 Å². The monoisotopic (exact) mass is 304 g/mol. The van der Waals surface area contributed by atoms with E-state index in [0.29, 0.717) is 18.7 Å². The fourth-order valence-electron chi connectivity index (χ4n) is 1.81. The van der Waals surface area contributed by atoms with Crippen LogP contribution < -0.4 is 10.6 Å². The molecule has 0 aromatic heterocycles. The van der Waals surface area contributed by atoms with E-state index in [1.165, 1.54) is 25.7 Å². The van der Waals surface area contributed by atoms with Crippen LogP contribution in [0, 0.1) is 0 Å². The van der Waals surface area contributed by atoms with Gasteiger partial charge in [0.05, 0.1) is 0 Å². The average Bonchev–Trinajstić information content (AvgIpc) is 2.42. The number of nitrogens with one attached hydrogen (secondary N) is 2. The summed E-state index contributed by atoms with van der Waals surface area (Å²) in [6.45, 7) is 2.79. The predicted octanol–water partition coefficient (Wildman–Crippen LogP) is 2.85. The minimum absolute atomic E-state index is 0.382. The first-order valence-corrected chi connectivity index (χ1v) is 8.77. The SMILES string of the molecule is CCCCCCCCNC(=O)NC(CCSC)C(=O)O. The number of carbonyl (C=O) groups is 2. The number of carbonyl (C=O) groups excluding carboxylic acids is 1. The smallest absolute Gasteiger partial charge is 0.326 e. The van der Waals surface area contributed by atoms with E-state index in [4.69, 9.17) is 5.11 Å². The van der Waals surface area contributed by atoms with Gasteiger partial charge in [0.2, 0.25) is 0 Å². The van der Waals surface area contributed by atoms with Crippen LogP contribution >= 0.6 is 11.8 Å². The van der Waals surface area contributed by atoms with Crippen molar-refractivity contribution in [2.24, 2.45) is 0 Å². The second kappa shape index (κ2) is 13.1. The molecule has 0 spiro atoms. The molecule has 0 aliphatic carbocycles. The second-order valence-corrected chi connectivity index (χ2v) is 5.83. The summed E-state index contributed by atoms with van der Waals surface area (Å²) < 4.78 is 0. The lowest BCUT2D eigenvalue weighted by molar-refractivity contribution is -0.139. The molecule has 0 aromatic carbocycles. The molecule has 5 nitrogen and oxygen atoms in total. The highest BCUT2D eigenvalue weighted by Gasteiger charge is 2.18. The summed E-state index contributed by atoms with van der Waals surface area (Å²) in [7, 11) is 0. The number of amides is 2. The lowest BCUT2D eigenvalue weighted by Crippen LogP contribution is -2.46. The molecule has 0 saturated heterocycles. The summed E-state index contributed by atoms with van der Waals surface area (Å²) in [5.41, 5.74) is 0. The largest absolute Gasteiger partial charge is 0.480 e. The number of carboxylic acids is 1. The molecule has 1 atom stereocenters. The predicted molar refractivity (Wildman–Crippen MR) is 84.3 cm³/mol. The van der Waals surface area contributed by atoms with Crippen LogP contribution in [0.1, 0.15) is 51.9 Å². The van der Waals surface area contributed by atoms with E-state index in [2.05, 4.69) is 17.6 Å². The van der Waals surface area contributed by atoms with Crippen molar-refractivity contribution in [2.75, 3.05) is 18.6 Å². The Morgan fingerprint density at radius 1 is 1.15 bits per heavy atom. The van der Waals surface area contributed by atoms with Crippen LogP contribution in [0.3, 0.4) is 0 Å². The highest BCUT2D eigenvalue weighted by atomic mass is 32.2. The fourth-order valence-corrected chi connectivity index (χ4v) is 2.28. The second-order valence-electron chi connectivity index (χ2n) is 4.84. The maximum absolute atomic E-state index is 11.6. The average molecular weight is 304 g/mol. The van der Waals surface area contributed by atoms with Gasteiger partial charge in [-0.25, -0.2) is 9.59 Å². The molecule has 118 valence electrons. The van der Waals surface area contributed by atoms with Crippen LogP contribution in [0.5, 0.6) is 0 Å². The summed E-state index contributed by atoms with van der Waals surface area (Å²) in [6, 6.07) is -1.18. The molecule has 3 N–H and O–H groups in total. The molecule has 0 rings (SSSR count). The normalized spacial score (nSPS) is 11.9. The van der Waals surface area contributed by atoms with E-state index in [1.807, 2.05) is 6.26 Å². The Morgan fingerprint density at radius 3 is 2.40 bits per heavy atom. The maximum atomic E-state index is 11.6. The van der Waals surface area contributed by atoms with Gasteiger partial charge in [-0.3, -0.25) is 0 Å². The van der Waals surface area contributed by atoms with Crippen LogP contribution in [0.2, 0.25) is 0 Å². The van der Waals surface area contributed by atoms with Crippen molar-refractivity contribution >= 4 is 23.8 Å². The van der Waals surface area contributed by atoms with Gasteiger partial charge >= 0.3 is 12.0 Å². The quantitative estimate of drug-likeness (QED) is 0.484. The van der Waals surface area contributed by atoms with E-state index < -0.39 is 12.0 Å². The van der Waals surface area contributed by atoms with Gasteiger partial charge < -0.3 is 15.7 Å². The number of aliphatic carboxylic acids is 1. The van der Waals surface area contributed by atoms with E-state index in [0.717, 1.165) is 12.8 Å². The van der Waals surface area contributed by atoms with Crippen molar-refractivity contribution in [2.45, 2.75) is 57.9 Å². The van der Waals surface area contributed by atoms with E-state index in [1.54, 1.807) is 11.8 Å². The molecule has 0 aliphatic rings. The lowest BCUT2D eigenvalue weighted by Gasteiger charge is -2.14. The van der Waals surface area contributed by atoms with Crippen LogP contribution in [-0.4, -0.2) is 41.7 Å². The number of thioether (sulfide) groups is 1. The molecule has 6 heteroatoms. The molecule has 0 aliphatic heterocycles. The van der Waals surface area contributed by atoms with Crippen molar-refractivity contribution in [3.8, 4) is 0 Å². The van der Waals surface area contributed by atoms with Gasteiger partial charge in [-0.05, 0) is 24.9 Å². The molecule has 0 aromatic rings. The first-order valence-electron chi connectivity index (χ1n) is 7.38. The van der Waals surface area contributed by atoms with Crippen LogP contribution in [0.4, 0.5) is 4.79 Å². The third-order valence-electron chi connectivity index (χ3n) is 3.03. The zero-order valence-electron chi connectivity index (χ0n) is 12.6. The number of carboxylic acid groups (broad SMARTS) is 1. The molecule has 0 fully saturated rings. The zero-order valence-corrected chi connectivity index (χ0v) is 13.4. The summed E-state index contributed by atoms with van der Waals surface area (Å²) in [4.78, 5) is 22.5. The highest BCUT2D eigenvalue weighted by Crippen LogP contribution is 2.04. The summed E-state index contributed by atoms with van der Waals surface area (Å²) in [5.74, 6) is -0.261. The third kappa shape index (κ3) is 11.0. The molecule has 0 saturated carbocycles. The van der Waals surface area contributed by atoms with E-state index >= 15 is 0 Å². The van der Waals surface area contributed by atoms with Gasteiger partial charge in [0, 0.05) is 6.54 Å². The molecular weight excluding hydrogens is 276 g/mol. The molecule has 0 heterocycles. The van der Waals surface area contributed by atoms with Gasteiger partial charge in [0.1, 0.15) is 6.04 Å². The third-order valence-corrected chi connectivity index (χ3v) is 3.67. The van der Waals surface area contributed by atoms with Gasteiger partial charge in [-0.15, -0.1) is 0 Å². The molecule has 2 amide bonds. The first-order chi connectivity index (χ1) is 9.61. The van der Waals surface area contributed by atoms with Crippen LogP contribution in [0.15, 0.2) is 0 Å². The van der Waals surface area contributed by atoms with E-state index in [9.17, 15) is 9.59 Å². The van der Waals surface area contributed by atoms with Crippen molar-refractivity contribution in [3.63, 3.8) is 0 Å². The Labute approximate surface area is 126 Å². The summed E-state index contributed by atoms with van der Waals surface area (Å²) in [5, 5.41) is 14.2. The Kier molecular flexibility index (Phi) is 12.5. The fraction of sp³-hybridized carbons (Fsp3) is 0.857. The van der Waals surface area contributed by atoms with Crippen LogP contribution in [-0.2, 0) is 4.79 Å². The van der Waals surface area contributed by atoms with Crippen molar-refractivity contribution in [1.29, 1.82) is 0 Å².